The number of unbranched alkanes of at least 4 members (excludes halogenated alkanes) is 2. The molecule has 1 heterocycles. The lowest BCUT2D eigenvalue weighted by atomic mass is 10.2. The summed E-state index contributed by atoms with van der Waals surface area (Å²) >= 11 is 0. The Morgan fingerprint density at radius 1 is 0.808 bits per heavy atom. The molecule has 0 fully saturated rings. The van der Waals surface area contributed by atoms with Crippen LogP contribution in [0.25, 0.3) is 11.3 Å². The summed E-state index contributed by atoms with van der Waals surface area (Å²) in [5, 5.41) is 1.24. The molecule has 0 aliphatic rings. The average molecular weight is 372 g/mol. The number of hydrogen-bond acceptors (Lipinski definition) is 2. The molecule has 0 atom stereocenters. The maximum atomic E-state index is 6.27. The van der Waals surface area contributed by atoms with Crippen LogP contribution in [0.1, 0.15) is 46.0 Å². The fourth-order valence-corrected chi connectivity index (χ4v) is 5.64. The molecule has 0 saturated carbocycles. The molecule has 0 N–H and O–H groups in total. The molecule has 0 saturated heterocycles. The second-order valence-corrected chi connectivity index (χ2v) is 12.8. The van der Waals surface area contributed by atoms with E-state index in [2.05, 4.69) is 74.3 Å². The van der Waals surface area contributed by atoms with Crippen molar-refractivity contribution in [1.29, 1.82) is 0 Å². The van der Waals surface area contributed by atoms with Crippen LogP contribution in [-0.2, 0) is 0 Å². The van der Waals surface area contributed by atoms with Crippen LogP contribution in [0, 0.1) is 0 Å². The lowest BCUT2D eigenvalue weighted by Gasteiger charge is -2.25. The van der Waals surface area contributed by atoms with E-state index in [0.717, 1.165) is 5.76 Å². The highest BCUT2D eigenvalue weighted by molar-refractivity contribution is 6.88. The highest BCUT2D eigenvalue weighted by Crippen LogP contribution is 2.22. The minimum Gasteiger partial charge on any atom is -0.466 e. The van der Waals surface area contributed by atoms with Gasteiger partial charge in [0.25, 0.3) is 0 Å². The fraction of sp³-hybridized carbons (Fsp3) is 0.565. The Morgan fingerprint density at radius 2 is 1.42 bits per heavy atom. The summed E-state index contributed by atoms with van der Waals surface area (Å²) in [6, 6.07) is 16.1. The Balaban J connectivity index is 1.90. The van der Waals surface area contributed by atoms with E-state index < -0.39 is 8.07 Å². The first-order valence-electron chi connectivity index (χ1n) is 10.4. The van der Waals surface area contributed by atoms with E-state index in [4.69, 9.17) is 4.42 Å². The van der Waals surface area contributed by atoms with Crippen molar-refractivity contribution in [2.45, 2.75) is 65.1 Å². The third-order valence-corrected chi connectivity index (χ3v) is 8.47. The summed E-state index contributed by atoms with van der Waals surface area (Å²) in [6.45, 7) is 13.2. The second kappa shape index (κ2) is 10.7. The Morgan fingerprint density at radius 3 is 2.04 bits per heavy atom. The van der Waals surface area contributed by atoms with Crippen LogP contribution in [0.5, 0.6) is 0 Å². The minimum atomic E-state index is -1.51. The van der Waals surface area contributed by atoms with Gasteiger partial charge in [-0.1, -0.05) is 70.1 Å². The number of furan rings is 1. The van der Waals surface area contributed by atoms with Crippen molar-refractivity contribution < 1.29 is 4.42 Å². The molecule has 0 aliphatic carbocycles. The van der Waals surface area contributed by atoms with Crippen molar-refractivity contribution in [2.75, 3.05) is 19.6 Å². The average Bonchev–Trinajstić information content (AvgIpc) is 3.15. The molecule has 3 heteroatoms. The van der Waals surface area contributed by atoms with Crippen LogP contribution in [0.2, 0.25) is 19.1 Å². The van der Waals surface area contributed by atoms with E-state index in [-0.39, 0.29) is 0 Å². The topological polar surface area (TPSA) is 16.4 Å². The number of nitrogens with zero attached hydrogens (tertiary/aromatic N) is 1. The summed E-state index contributed by atoms with van der Waals surface area (Å²) in [6.07, 6.45) is 6.51. The summed E-state index contributed by atoms with van der Waals surface area (Å²) in [4.78, 5) is 2.68. The van der Waals surface area contributed by atoms with Gasteiger partial charge in [0.1, 0.15) is 13.8 Å². The highest BCUT2D eigenvalue weighted by Gasteiger charge is 2.27. The Labute approximate surface area is 161 Å². The zero-order valence-corrected chi connectivity index (χ0v) is 18.3. The lowest BCUT2D eigenvalue weighted by Crippen LogP contribution is -2.41. The van der Waals surface area contributed by atoms with E-state index in [1.54, 1.807) is 0 Å². The molecule has 26 heavy (non-hydrogen) atoms. The molecular formula is C23H37NOSi. The summed E-state index contributed by atoms with van der Waals surface area (Å²) < 4.78 is 6.27. The third kappa shape index (κ3) is 6.44. The minimum absolute atomic E-state index is 1.01. The summed E-state index contributed by atoms with van der Waals surface area (Å²) in [7, 11) is -1.51. The van der Waals surface area contributed by atoms with Gasteiger partial charge in [0.05, 0.1) is 5.38 Å². The van der Waals surface area contributed by atoms with Crippen molar-refractivity contribution in [3.05, 3.63) is 42.5 Å². The molecule has 2 nitrogen and oxygen atoms in total. The molecule has 1 aromatic carbocycles. The van der Waals surface area contributed by atoms with Gasteiger partial charge in [0.15, 0.2) is 0 Å². The van der Waals surface area contributed by atoms with E-state index in [1.807, 2.05) is 0 Å². The molecular weight excluding hydrogens is 334 g/mol. The lowest BCUT2D eigenvalue weighted by molar-refractivity contribution is 0.265. The first kappa shape index (κ1) is 21.0. The third-order valence-electron chi connectivity index (χ3n) is 5.26. The number of benzene rings is 1. The van der Waals surface area contributed by atoms with E-state index in [0.29, 0.717) is 0 Å². The Hall–Kier alpha value is -1.32. The van der Waals surface area contributed by atoms with Crippen LogP contribution < -0.4 is 5.38 Å². The van der Waals surface area contributed by atoms with Gasteiger partial charge in [0, 0.05) is 5.56 Å². The molecule has 2 aromatic rings. The van der Waals surface area contributed by atoms with Gasteiger partial charge in [-0.2, -0.15) is 0 Å². The molecule has 0 spiro atoms. The van der Waals surface area contributed by atoms with Gasteiger partial charge < -0.3 is 9.32 Å². The van der Waals surface area contributed by atoms with Crippen LogP contribution in [0.3, 0.4) is 0 Å². The predicted molar refractivity (Wildman–Crippen MR) is 117 cm³/mol. The monoisotopic (exact) mass is 371 g/mol. The number of rotatable bonds is 12. The molecule has 1 aromatic heterocycles. The molecule has 0 radical (unpaired) electrons. The predicted octanol–water partition coefficient (Wildman–Crippen LogP) is 6.15. The van der Waals surface area contributed by atoms with Crippen molar-refractivity contribution in [2.24, 2.45) is 0 Å². The van der Waals surface area contributed by atoms with Crippen LogP contribution in [0.15, 0.2) is 46.9 Å². The summed E-state index contributed by atoms with van der Waals surface area (Å²) in [5.41, 5.74) is 1.17. The molecule has 2 rings (SSSR count). The molecule has 144 valence electrons. The Bertz CT molecular complexity index is 612. The smallest absolute Gasteiger partial charge is 0.133 e. The van der Waals surface area contributed by atoms with Gasteiger partial charge in [-0.15, -0.1) is 0 Å². The van der Waals surface area contributed by atoms with Gasteiger partial charge in [-0.05, 0) is 57.1 Å². The quantitative estimate of drug-likeness (QED) is 0.416. The van der Waals surface area contributed by atoms with Gasteiger partial charge in [0.2, 0.25) is 0 Å². The van der Waals surface area contributed by atoms with Gasteiger partial charge in [-0.3, -0.25) is 0 Å². The molecule has 0 bridgehead atoms. The standard InChI is InChI=1S/C23H37NOSi/c1-5-7-17-24(18-8-6-2)19-12-20-26(3,4)23-16-15-22(25-23)21-13-10-9-11-14-21/h9-11,13-16H,5-8,12,17-20H2,1-4H3. The molecule has 0 amide bonds. The summed E-state index contributed by atoms with van der Waals surface area (Å²) in [5.74, 6) is 1.01. The maximum absolute atomic E-state index is 6.27. The van der Waals surface area contributed by atoms with Crippen molar-refractivity contribution in [3.63, 3.8) is 0 Å². The maximum Gasteiger partial charge on any atom is 0.133 e. The normalized spacial score (nSPS) is 12.0. The van der Waals surface area contributed by atoms with Gasteiger partial charge in [-0.25, -0.2) is 0 Å². The number of hydrogen-bond donors (Lipinski definition) is 0. The molecule has 0 unspecified atom stereocenters. The van der Waals surface area contributed by atoms with Gasteiger partial charge >= 0.3 is 0 Å². The zero-order valence-electron chi connectivity index (χ0n) is 17.3. The van der Waals surface area contributed by atoms with Crippen molar-refractivity contribution in [1.82, 2.24) is 4.90 Å². The zero-order chi connectivity index (χ0) is 18.8. The SMILES string of the molecule is CCCCN(CCCC)CCC[Si](C)(C)c1ccc(-c2ccccc2)o1. The van der Waals surface area contributed by atoms with Crippen LogP contribution in [-0.4, -0.2) is 32.6 Å². The van der Waals surface area contributed by atoms with E-state index in [9.17, 15) is 0 Å². The molecule has 0 aliphatic heterocycles. The first-order valence-corrected chi connectivity index (χ1v) is 13.7. The Kier molecular flexibility index (Phi) is 8.66. The highest BCUT2D eigenvalue weighted by atomic mass is 28.3. The largest absolute Gasteiger partial charge is 0.466 e. The van der Waals surface area contributed by atoms with Crippen molar-refractivity contribution in [3.8, 4) is 11.3 Å². The van der Waals surface area contributed by atoms with Crippen LogP contribution in [0.4, 0.5) is 0 Å². The van der Waals surface area contributed by atoms with E-state index in [1.165, 1.54) is 68.7 Å². The second-order valence-electron chi connectivity index (χ2n) is 8.07. The fourth-order valence-electron chi connectivity index (χ4n) is 3.43. The van der Waals surface area contributed by atoms with Crippen molar-refractivity contribution >= 4 is 13.5 Å². The van der Waals surface area contributed by atoms with Crippen LogP contribution >= 0.6 is 0 Å². The first-order chi connectivity index (χ1) is 12.6. The van der Waals surface area contributed by atoms with E-state index >= 15 is 0 Å².